The minimum Gasteiger partial charge on any atom is -0.369 e. The third kappa shape index (κ3) is 3.16. The van der Waals surface area contributed by atoms with Crippen LogP contribution in [0.1, 0.15) is 29.1 Å². The molecule has 5 heteroatoms. The summed E-state index contributed by atoms with van der Waals surface area (Å²) in [7, 11) is 3.91. The molecule has 0 saturated heterocycles. The van der Waals surface area contributed by atoms with Crippen molar-refractivity contribution >= 4 is 17.0 Å². The largest absolute Gasteiger partial charge is 0.369 e. The number of halogens is 1. The fraction of sp³-hybridized carbons (Fsp3) is 0.400. The summed E-state index contributed by atoms with van der Waals surface area (Å²) in [6, 6.07) is 5.06. The third-order valence-electron chi connectivity index (χ3n) is 3.53. The van der Waals surface area contributed by atoms with E-state index in [1.165, 1.54) is 10.9 Å². The molecule has 2 rings (SSSR count). The van der Waals surface area contributed by atoms with Gasteiger partial charge in [0.05, 0.1) is 17.7 Å². The highest BCUT2D eigenvalue weighted by atomic mass is 32.1. The van der Waals surface area contributed by atoms with Crippen LogP contribution >= 0.6 is 11.3 Å². The highest BCUT2D eigenvalue weighted by Gasteiger charge is 2.15. The predicted molar refractivity (Wildman–Crippen MR) is 82.8 cm³/mol. The normalized spacial score (nSPS) is 12.4. The van der Waals surface area contributed by atoms with Crippen LogP contribution in [-0.4, -0.2) is 19.1 Å². The van der Waals surface area contributed by atoms with E-state index in [4.69, 9.17) is 0 Å². The molecular formula is C15H20FN3S. The first-order valence-electron chi connectivity index (χ1n) is 6.59. The summed E-state index contributed by atoms with van der Waals surface area (Å²) in [6.07, 6.45) is 0. The van der Waals surface area contributed by atoms with Gasteiger partial charge in [0.25, 0.3) is 0 Å². The van der Waals surface area contributed by atoms with Crippen LogP contribution in [0.4, 0.5) is 10.1 Å². The summed E-state index contributed by atoms with van der Waals surface area (Å²) < 4.78 is 13.5. The summed E-state index contributed by atoms with van der Waals surface area (Å²) in [5.41, 5.74) is 4.94. The van der Waals surface area contributed by atoms with Gasteiger partial charge in [-0.25, -0.2) is 9.37 Å². The maximum absolute atomic E-state index is 13.5. The molecule has 20 heavy (non-hydrogen) atoms. The van der Waals surface area contributed by atoms with Crippen molar-refractivity contribution in [2.75, 3.05) is 19.0 Å². The van der Waals surface area contributed by atoms with E-state index in [9.17, 15) is 4.39 Å². The average Bonchev–Trinajstić information content (AvgIpc) is 2.83. The van der Waals surface area contributed by atoms with Gasteiger partial charge in [-0.1, -0.05) is 0 Å². The molecule has 108 valence electrons. The van der Waals surface area contributed by atoms with E-state index in [1.54, 1.807) is 17.4 Å². The van der Waals surface area contributed by atoms with E-state index in [-0.39, 0.29) is 11.9 Å². The van der Waals surface area contributed by atoms with Crippen LogP contribution in [0, 0.1) is 12.7 Å². The zero-order chi connectivity index (χ0) is 14.7. The zero-order valence-corrected chi connectivity index (χ0v) is 13.1. The monoisotopic (exact) mass is 293 g/mol. The Balaban J connectivity index is 2.29. The molecule has 0 aliphatic heterocycles. The molecule has 0 radical (unpaired) electrons. The number of nitrogens with zero attached hydrogens (tertiary/aromatic N) is 2. The number of benzene rings is 1. The number of anilines is 1. The second-order valence-corrected chi connectivity index (χ2v) is 5.87. The summed E-state index contributed by atoms with van der Waals surface area (Å²) in [5.74, 6) is -0.201. The van der Waals surface area contributed by atoms with E-state index in [1.807, 2.05) is 39.5 Å². The van der Waals surface area contributed by atoms with Gasteiger partial charge in [0.2, 0.25) is 0 Å². The Bertz CT molecular complexity index is 582. The van der Waals surface area contributed by atoms with Crippen LogP contribution < -0.4 is 10.2 Å². The second kappa shape index (κ2) is 6.33. The molecular weight excluding hydrogens is 273 g/mol. The molecule has 2 aromatic rings. The predicted octanol–water partition coefficient (Wildman–Crippen LogP) is 3.51. The lowest BCUT2D eigenvalue weighted by molar-refractivity contribution is 0.607. The lowest BCUT2D eigenvalue weighted by Crippen LogP contribution is -2.21. The molecule has 0 saturated carbocycles. The van der Waals surface area contributed by atoms with Gasteiger partial charge in [0.1, 0.15) is 5.82 Å². The highest BCUT2D eigenvalue weighted by molar-refractivity contribution is 7.09. The van der Waals surface area contributed by atoms with Gasteiger partial charge in [-0.3, -0.25) is 0 Å². The van der Waals surface area contributed by atoms with Crippen molar-refractivity contribution in [1.29, 1.82) is 0 Å². The number of hydrogen-bond acceptors (Lipinski definition) is 4. The molecule has 1 heterocycles. The van der Waals surface area contributed by atoms with E-state index in [2.05, 4.69) is 15.2 Å². The minimum atomic E-state index is -0.201. The van der Waals surface area contributed by atoms with Crippen LogP contribution in [0.5, 0.6) is 0 Å². The summed E-state index contributed by atoms with van der Waals surface area (Å²) >= 11 is 1.65. The number of nitrogens with one attached hydrogen (secondary N) is 1. The van der Waals surface area contributed by atoms with Crippen LogP contribution in [-0.2, 0) is 6.54 Å². The van der Waals surface area contributed by atoms with Crippen molar-refractivity contribution in [3.63, 3.8) is 0 Å². The summed E-state index contributed by atoms with van der Waals surface area (Å²) in [4.78, 5) is 7.65. The SMILES string of the molecule is CNC(C)c1cc(F)ccc1N(C)Cc1scnc1C. The number of aryl methyl sites for hydroxylation is 1. The van der Waals surface area contributed by atoms with E-state index in [0.29, 0.717) is 0 Å². The molecule has 0 amide bonds. The van der Waals surface area contributed by atoms with E-state index >= 15 is 0 Å². The maximum Gasteiger partial charge on any atom is 0.123 e. The second-order valence-electron chi connectivity index (χ2n) is 4.93. The van der Waals surface area contributed by atoms with Crippen LogP contribution in [0.15, 0.2) is 23.7 Å². The molecule has 0 aliphatic carbocycles. The number of aromatic nitrogens is 1. The lowest BCUT2D eigenvalue weighted by atomic mass is 10.0. The average molecular weight is 293 g/mol. The van der Waals surface area contributed by atoms with E-state index < -0.39 is 0 Å². The fourth-order valence-corrected chi connectivity index (χ4v) is 2.98. The Kier molecular flexibility index (Phi) is 4.73. The van der Waals surface area contributed by atoms with Gasteiger partial charge < -0.3 is 10.2 Å². The third-order valence-corrected chi connectivity index (χ3v) is 4.45. The molecule has 1 aromatic carbocycles. The Morgan fingerprint density at radius 1 is 1.45 bits per heavy atom. The molecule has 1 atom stereocenters. The van der Waals surface area contributed by atoms with Crippen molar-refractivity contribution in [2.24, 2.45) is 0 Å². The van der Waals surface area contributed by atoms with Gasteiger partial charge in [-0.05, 0) is 44.7 Å². The topological polar surface area (TPSA) is 28.2 Å². The first kappa shape index (κ1) is 14.9. The molecule has 0 aliphatic rings. The molecule has 0 bridgehead atoms. The van der Waals surface area contributed by atoms with Gasteiger partial charge in [-0.2, -0.15) is 0 Å². The van der Waals surface area contributed by atoms with Gasteiger partial charge >= 0.3 is 0 Å². The van der Waals surface area contributed by atoms with E-state index in [0.717, 1.165) is 23.5 Å². The maximum atomic E-state index is 13.5. The van der Waals surface area contributed by atoms with Crippen molar-refractivity contribution in [3.05, 3.63) is 45.7 Å². The summed E-state index contributed by atoms with van der Waals surface area (Å²) in [6.45, 7) is 4.83. The molecule has 0 fully saturated rings. The fourth-order valence-electron chi connectivity index (χ4n) is 2.15. The smallest absolute Gasteiger partial charge is 0.123 e. The lowest BCUT2D eigenvalue weighted by Gasteiger charge is -2.25. The minimum absolute atomic E-state index is 0.103. The Labute approximate surface area is 123 Å². The molecule has 1 N–H and O–H groups in total. The van der Waals surface area contributed by atoms with Crippen molar-refractivity contribution in [2.45, 2.75) is 26.4 Å². The quantitative estimate of drug-likeness (QED) is 0.914. The number of hydrogen-bond donors (Lipinski definition) is 1. The van der Waals surface area contributed by atoms with Gasteiger partial charge in [0, 0.05) is 23.7 Å². The molecule has 1 aromatic heterocycles. The van der Waals surface area contributed by atoms with Crippen LogP contribution in [0.2, 0.25) is 0 Å². The van der Waals surface area contributed by atoms with Crippen LogP contribution in [0.25, 0.3) is 0 Å². The zero-order valence-electron chi connectivity index (χ0n) is 12.3. The highest BCUT2D eigenvalue weighted by Crippen LogP contribution is 2.28. The van der Waals surface area contributed by atoms with Crippen molar-refractivity contribution in [3.8, 4) is 0 Å². The van der Waals surface area contributed by atoms with Crippen molar-refractivity contribution in [1.82, 2.24) is 10.3 Å². The standard InChI is InChI=1S/C15H20FN3S/c1-10(17-3)13-7-12(16)5-6-14(13)19(4)8-15-11(2)18-9-20-15/h5-7,9-10,17H,8H2,1-4H3. The first-order chi connectivity index (χ1) is 9.52. The molecule has 1 unspecified atom stereocenters. The van der Waals surface area contributed by atoms with Gasteiger partial charge in [0.15, 0.2) is 0 Å². The first-order valence-corrected chi connectivity index (χ1v) is 7.47. The van der Waals surface area contributed by atoms with Gasteiger partial charge in [-0.15, -0.1) is 11.3 Å². The number of thiazole rings is 1. The Morgan fingerprint density at radius 2 is 2.20 bits per heavy atom. The van der Waals surface area contributed by atoms with Crippen molar-refractivity contribution < 1.29 is 4.39 Å². The van der Waals surface area contributed by atoms with Crippen LogP contribution in [0.3, 0.4) is 0 Å². The summed E-state index contributed by atoms with van der Waals surface area (Å²) in [5, 5.41) is 3.17. The molecule has 3 nitrogen and oxygen atoms in total. The number of rotatable bonds is 5. The Morgan fingerprint density at radius 3 is 2.80 bits per heavy atom. The molecule has 0 spiro atoms. The Hall–Kier alpha value is -1.46.